The molecule has 2 bridgehead atoms. The van der Waals surface area contributed by atoms with Gasteiger partial charge >= 0.3 is 0 Å². The summed E-state index contributed by atoms with van der Waals surface area (Å²) >= 11 is 0. The van der Waals surface area contributed by atoms with E-state index in [1.807, 2.05) is 0 Å². The topological polar surface area (TPSA) is 52.7 Å². The van der Waals surface area contributed by atoms with Crippen molar-refractivity contribution in [2.24, 2.45) is 23.7 Å². The van der Waals surface area contributed by atoms with Crippen molar-refractivity contribution in [3.8, 4) is 0 Å². The van der Waals surface area contributed by atoms with E-state index in [2.05, 4.69) is 22.4 Å². The number of piperazine rings is 1. The molecule has 5 nitrogen and oxygen atoms in total. The van der Waals surface area contributed by atoms with Crippen LogP contribution >= 0.6 is 0 Å². The number of carbonyl (C=O) groups is 2. The van der Waals surface area contributed by atoms with Crippen molar-refractivity contribution in [1.29, 1.82) is 0 Å². The average molecular weight is 275 g/mol. The largest absolute Gasteiger partial charge is 0.314 e. The molecule has 0 aromatic carbocycles. The first-order valence-electron chi connectivity index (χ1n) is 7.72. The molecule has 2 aliphatic carbocycles. The summed E-state index contributed by atoms with van der Waals surface area (Å²) in [6.07, 6.45) is 5.31. The van der Waals surface area contributed by atoms with E-state index in [1.54, 1.807) is 4.90 Å². The summed E-state index contributed by atoms with van der Waals surface area (Å²) in [5, 5.41) is 3.32. The third kappa shape index (κ3) is 1.76. The second-order valence-electron chi connectivity index (χ2n) is 6.42. The molecule has 2 aliphatic heterocycles. The molecule has 0 aromatic heterocycles. The monoisotopic (exact) mass is 275 g/mol. The van der Waals surface area contributed by atoms with E-state index in [0.29, 0.717) is 18.4 Å². The van der Waals surface area contributed by atoms with Crippen LogP contribution in [0.1, 0.15) is 6.42 Å². The van der Waals surface area contributed by atoms with Gasteiger partial charge < -0.3 is 5.32 Å². The predicted octanol–water partition coefficient (Wildman–Crippen LogP) is -0.301. The Bertz CT molecular complexity index is 440. The fraction of sp³-hybridized carbons (Fsp3) is 0.733. The maximum Gasteiger partial charge on any atom is 0.233 e. The lowest BCUT2D eigenvalue weighted by Gasteiger charge is -2.28. The number of fused-ring (bicyclic) bond motifs is 5. The standard InChI is InChI=1S/C15H21N3O2/c19-14-12-10-1-2-11(9-10)13(12)15(20)18(14)8-7-17-5-3-16-4-6-17/h1-2,10-13,16H,3-9H2/t10-,11+,12+,13-. The molecule has 2 heterocycles. The highest BCUT2D eigenvalue weighted by Crippen LogP contribution is 2.52. The van der Waals surface area contributed by atoms with Gasteiger partial charge in [-0.3, -0.25) is 19.4 Å². The van der Waals surface area contributed by atoms with Crippen LogP contribution in [0.25, 0.3) is 0 Å². The Kier molecular flexibility index (Phi) is 2.93. The van der Waals surface area contributed by atoms with Crippen LogP contribution < -0.4 is 5.32 Å². The van der Waals surface area contributed by atoms with E-state index in [1.165, 1.54) is 0 Å². The first-order chi connectivity index (χ1) is 9.75. The Morgan fingerprint density at radius 3 is 2.20 bits per heavy atom. The minimum atomic E-state index is -0.0412. The first-order valence-corrected chi connectivity index (χ1v) is 7.72. The molecule has 0 unspecified atom stereocenters. The van der Waals surface area contributed by atoms with Gasteiger partial charge in [0, 0.05) is 39.3 Å². The number of hydrogen-bond acceptors (Lipinski definition) is 4. The first kappa shape index (κ1) is 12.5. The number of carbonyl (C=O) groups excluding carboxylic acids is 2. The molecule has 5 heteroatoms. The summed E-state index contributed by atoms with van der Waals surface area (Å²) in [5.74, 6) is 0.747. The van der Waals surface area contributed by atoms with Gasteiger partial charge in [0.15, 0.2) is 0 Å². The van der Waals surface area contributed by atoms with E-state index >= 15 is 0 Å². The molecule has 108 valence electrons. The minimum Gasteiger partial charge on any atom is -0.314 e. The number of likely N-dealkylation sites (tertiary alicyclic amines) is 1. The van der Waals surface area contributed by atoms with Crippen LogP contribution in [0, 0.1) is 23.7 Å². The SMILES string of the molecule is O=C1[C@@H]2[C@H](C(=O)N1CCN1CCNCC1)[C@H]1C=C[C@@H]2C1. The summed E-state index contributed by atoms with van der Waals surface area (Å²) in [7, 11) is 0. The molecule has 2 amide bonds. The molecule has 0 radical (unpaired) electrons. The van der Waals surface area contributed by atoms with Crippen LogP contribution in [0.3, 0.4) is 0 Å². The van der Waals surface area contributed by atoms with Crippen molar-refractivity contribution in [1.82, 2.24) is 15.1 Å². The summed E-state index contributed by atoms with van der Waals surface area (Å²) in [6, 6.07) is 0. The van der Waals surface area contributed by atoms with E-state index in [9.17, 15) is 9.59 Å². The van der Waals surface area contributed by atoms with Crippen molar-refractivity contribution in [3.63, 3.8) is 0 Å². The van der Waals surface area contributed by atoms with Crippen LogP contribution in [0.2, 0.25) is 0 Å². The Hall–Kier alpha value is -1.20. The van der Waals surface area contributed by atoms with Crippen LogP contribution in [0.5, 0.6) is 0 Å². The van der Waals surface area contributed by atoms with Crippen LogP contribution in [-0.2, 0) is 9.59 Å². The lowest BCUT2D eigenvalue weighted by atomic mass is 9.85. The smallest absolute Gasteiger partial charge is 0.233 e. The lowest BCUT2D eigenvalue weighted by molar-refractivity contribution is -0.140. The van der Waals surface area contributed by atoms with Gasteiger partial charge in [-0.25, -0.2) is 0 Å². The molecular formula is C15H21N3O2. The second kappa shape index (κ2) is 4.67. The molecule has 20 heavy (non-hydrogen) atoms. The van der Waals surface area contributed by atoms with Gasteiger partial charge in [-0.05, 0) is 18.3 Å². The highest BCUT2D eigenvalue weighted by atomic mass is 16.2. The zero-order valence-corrected chi connectivity index (χ0v) is 11.6. The summed E-state index contributed by atoms with van der Waals surface area (Å²) in [6.45, 7) is 5.42. The highest BCUT2D eigenvalue weighted by Gasteiger charge is 2.58. The molecular weight excluding hydrogens is 254 g/mol. The van der Waals surface area contributed by atoms with Gasteiger partial charge in [-0.1, -0.05) is 12.2 Å². The average Bonchev–Trinajstić information content (AvgIpc) is 3.13. The molecule has 4 aliphatic rings. The zero-order valence-electron chi connectivity index (χ0n) is 11.6. The molecule has 0 aromatic rings. The van der Waals surface area contributed by atoms with Crippen LogP contribution in [-0.4, -0.2) is 60.9 Å². The zero-order chi connectivity index (χ0) is 13.7. The molecule has 3 fully saturated rings. The van der Waals surface area contributed by atoms with Gasteiger partial charge in [-0.15, -0.1) is 0 Å². The van der Waals surface area contributed by atoms with Crippen molar-refractivity contribution in [3.05, 3.63) is 12.2 Å². The molecule has 2 saturated heterocycles. The third-order valence-electron chi connectivity index (χ3n) is 5.41. The Labute approximate surface area is 119 Å². The number of hydrogen-bond donors (Lipinski definition) is 1. The van der Waals surface area contributed by atoms with E-state index in [4.69, 9.17) is 0 Å². The Balaban J connectivity index is 1.42. The Morgan fingerprint density at radius 2 is 1.60 bits per heavy atom. The molecule has 4 rings (SSSR count). The van der Waals surface area contributed by atoms with E-state index in [0.717, 1.165) is 39.1 Å². The number of nitrogens with one attached hydrogen (secondary N) is 1. The van der Waals surface area contributed by atoms with Gasteiger partial charge in [0.1, 0.15) is 0 Å². The van der Waals surface area contributed by atoms with Crippen molar-refractivity contribution < 1.29 is 9.59 Å². The quantitative estimate of drug-likeness (QED) is 0.567. The molecule has 1 saturated carbocycles. The number of allylic oxidation sites excluding steroid dienone is 2. The molecule has 4 atom stereocenters. The maximum atomic E-state index is 12.5. The molecule has 1 N–H and O–H groups in total. The summed E-state index contributed by atoms with van der Waals surface area (Å²) in [4.78, 5) is 28.9. The number of amides is 2. The lowest BCUT2D eigenvalue weighted by Crippen LogP contribution is -2.47. The fourth-order valence-corrected chi connectivity index (χ4v) is 4.36. The number of imide groups is 1. The van der Waals surface area contributed by atoms with Gasteiger partial charge in [0.25, 0.3) is 0 Å². The van der Waals surface area contributed by atoms with E-state index < -0.39 is 0 Å². The van der Waals surface area contributed by atoms with Crippen LogP contribution in [0.4, 0.5) is 0 Å². The van der Waals surface area contributed by atoms with Gasteiger partial charge in [0.2, 0.25) is 11.8 Å². The second-order valence-corrected chi connectivity index (χ2v) is 6.42. The summed E-state index contributed by atoms with van der Waals surface area (Å²) in [5.41, 5.74) is 0. The van der Waals surface area contributed by atoms with Gasteiger partial charge in [-0.2, -0.15) is 0 Å². The van der Waals surface area contributed by atoms with Crippen molar-refractivity contribution >= 4 is 11.8 Å². The minimum absolute atomic E-state index is 0.0412. The highest BCUT2D eigenvalue weighted by molar-refractivity contribution is 6.06. The van der Waals surface area contributed by atoms with E-state index in [-0.39, 0.29) is 23.7 Å². The maximum absolute atomic E-state index is 12.5. The van der Waals surface area contributed by atoms with Gasteiger partial charge in [0.05, 0.1) is 11.8 Å². The van der Waals surface area contributed by atoms with Crippen LogP contribution in [0.15, 0.2) is 12.2 Å². The molecule has 0 spiro atoms. The summed E-state index contributed by atoms with van der Waals surface area (Å²) < 4.78 is 0. The van der Waals surface area contributed by atoms with Crippen molar-refractivity contribution in [2.45, 2.75) is 6.42 Å². The number of nitrogens with zero attached hydrogens (tertiary/aromatic N) is 2. The predicted molar refractivity (Wildman–Crippen MR) is 73.7 cm³/mol. The van der Waals surface area contributed by atoms with Crippen molar-refractivity contribution in [2.75, 3.05) is 39.3 Å². The number of rotatable bonds is 3. The third-order valence-corrected chi connectivity index (χ3v) is 5.41. The fourth-order valence-electron chi connectivity index (χ4n) is 4.36. The normalized spacial score (nSPS) is 39.9. The Morgan fingerprint density at radius 1 is 1.00 bits per heavy atom.